The van der Waals surface area contributed by atoms with E-state index >= 15 is 0 Å². The fourth-order valence-electron chi connectivity index (χ4n) is 4.49. The Hall–Kier alpha value is -3.93. The summed E-state index contributed by atoms with van der Waals surface area (Å²) in [5, 5.41) is 3.48. The molecule has 1 fully saturated rings. The number of hydrogen-bond donors (Lipinski definition) is 2. The third kappa shape index (κ3) is 4.80. The number of pyridine rings is 1. The average Bonchev–Trinajstić information content (AvgIpc) is 3.29. The molecule has 0 spiro atoms. The van der Waals surface area contributed by atoms with Crippen LogP contribution in [-0.4, -0.2) is 34.9 Å². The van der Waals surface area contributed by atoms with Crippen LogP contribution < -0.4 is 10.2 Å². The van der Waals surface area contributed by atoms with Crippen molar-refractivity contribution in [1.29, 1.82) is 0 Å². The number of anilines is 1. The quantitative estimate of drug-likeness (QED) is 0.447. The molecule has 0 atom stereocenters. The van der Waals surface area contributed by atoms with E-state index in [9.17, 15) is 9.59 Å². The largest absolute Gasteiger partial charge is 0.358 e. The maximum absolute atomic E-state index is 12.6. The van der Waals surface area contributed by atoms with E-state index in [-0.39, 0.29) is 0 Å². The molecule has 4 aromatic rings. The van der Waals surface area contributed by atoms with Crippen molar-refractivity contribution in [2.45, 2.75) is 19.3 Å². The lowest BCUT2D eigenvalue weighted by atomic mass is 9.90. The van der Waals surface area contributed by atoms with Crippen LogP contribution >= 0.6 is 0 Å². The zero-order chi connectivity index (χ0) is 22.6. The third-order valence-electron chi connectivity index (χ3n) is 6.34. The number of carbonyl (C=O) groups is 2. The molecule has 1 saturated heterocycles. The van der Waals surface area contributed by atoms with Gasteiger partial charge in [0.05, 0.1) is 5.56 Å². The van der Waals surface area contributed by atoms with E-state index in [1.54, 1.807) is 30.5 Å². The molecule has 2 amide bonds. The molecular formula is C27H26N4O2. The van der Waals surface area contributed by atoms with Crippen molar-refractivity contribution < 1.29 is 9.59 Å². The monoisotopic (exact) mass is 438 g/mol. The number of H-pyrrole nitrogens is 1. The number of hydrogen-bond acceptors (Lipinski definition) is 4. The molecule has 1 aliphatic rings. The van der Waals surface area contributed by atoms with Gasteiger partial charge in [-0.2, -0.15) is 0 Å². The summed E-state index contributed by atoms with van der Waals surface area (Å²) in [4.78, 5) is 34.6. The number of carbonyl (C=O) groups excluding carboxylic acids is 2. The smallest absolute Gasteiger partial charge is 0.259 e. The molecule has 5 rings (SSSR count). The second-order valence-corrected chi connectivity index (χ2v) is 8.60. The van der Waals surface area contributed by atoms with Crippen LogP contribution in [0.2, 0.25) is 0 Å². The van der Waals surface area contributed by atoms with Crippen molar-refractivity contribution in [1.82, 2.24) is 15.3 Å². The molecule has 0 aliphatic carbocycles. The van der Waals surface area contributed by atoms with Crippen molar-refractivity contribution in [3.63, 3.8) is 0 Å². The Kier molecular flexibility index (Phi) is 5.89. The van der Waals surface area contributed by atoms with Gasteiger partial charge < -0.3 is 9.88 Å². The maximum atomic E-state index is 12.6. The second-order valence-electron chi connectivity index (χ2n) is 8.60. The molecule has 2 aromatic carbocycles. The van der Waals surface area contributed by atoms with Crippen LogP contribution in [0.25, 0.3) is 10.9 Å². The molecule has 2 aromatic heterocycles. The summed E-state index contributed by atoms with van der Waals surface area (Å²) in [7, 11) is 0. The normalized spacial score (nSPS) is 14.4. The van der Waals surface area contributed by atoms with Crippen LogP contribution in [0, 0.1) is 5.92 Å². The van der Waals surface area contributed by atoms with Crippen molar-refractivity contribution in [2.24, 2.45) is 5.92 Å². The van der Waals surface area contributed by atoms with Gasteiger partial charge in [-0.05, 0) is 61.1 Å². The number of nitrogens with one attached hydrogen (secondary N) is 2. The Labute approximate surface area is 192 Å². The van der Waals surface area contributed by atoms with Gasteiger partial charge >= 0.3 is 0 Å². The zero-order valence-corrected chi connectivity index (χ0v) is 18.3. The Bertz CT molecular complexity index is 1260. The van der Waals surface area contributed by atoms with Crippen LogP contribution in [0.1, 0.15) is 39.1 Å². The van der Waals surface area contributed by atoms with Gasteiger partial charge in [0, 0.05) is 41.9 Å². The maximum Gasteiger partial charge on any atom is 0.259 e. The lowest BCUT2D eigenvalue weighted by Crippen LogP contribution is -2.34. The van der Waals surface area contributed by atoms with Crippen molar-refractivity contribution in [3.05, 3.63) is 95.8 Å². The van der Waals surface area contributed by atoms with Crippen LogP contribution in [0.4, 0.5) is 5.82 Å². The van der Waals surface area contributed by atoms with Crippen LogP contribution in [-0.2, 0) is 6.42 Å². The molecular weight excluding hydrogens is 412 g/mol. The molecule has 0 bridgehead atoms. The van der Waals surface area contributed by atoms with E-state index in [1.807, 2.05) is 6.07 Å². The van der Waals surface area contributed by atoms with Gasteiger partial charge in [0.15, 0.2) is 0 Å². The summed E-state index contributed by atoms with van der Waals surface area (Å²) in [6.45, 7) is 2.02. The predicted molar refractivity (Wildman–Crippen MR) is 129 cm³/mol. The first-order chi connectivity index (χ1) is 16.2. The third-order valence-corrected chi connectivity index (χ3v) is 6.34. The molecule has 2 N–H and O–H groups in total. The second kappa shape index (κ2) is 9.28. The SMILES string of the molecule is O=C(NC(=O)c1ccc2cc(N3CCC(Cc4ccccc4)CC3)[nH]c2c1)c1cccnc1. The van der Waals surface area contributed by atoms with Gasteiger partial charge in [-0.25, -0.2) is 0 Å². The van der Waals surface area contributed by atoms with E-state index in [0.29, 0.717) is 17.0 Å². The van der Waals surface area contributed by atoms with Gasteiger partial charge in [-0.1, -0.05) is 36.4 Å². The summed E-state index contributed by atoms with van der Waals surface area (Å²) in [5.74, 6) is 0.898. The highest BCUT2D eigenvalue weighted by atomic mass is 16.2. The Morgan fingerprint density at radius 3 is 2.48 bits per heavy atom. The Morgan fingerprint density at radius 1 is 0.939 bits per heavy atom. The molecule has 6 heteroatoms. The first-order valence-electron chi connectivity index (χ1n) is 11.3. The Morgan fingerprint density at radius 2 is 1.73 bits per heavy atom. The predicted octanol–water partition coefficient (Wildman–Crippen LogP) is 4.59. The highest BCUT2D eigenvalue weighted by Gasteiger charge is 2.21. The van der Waals surface area contributed by atoms with Crippen LogP contribution in [0.5, 0.6) is 0 Å². The topological polar surface area (TPSA) is 78.1 Å². The molecule has 0 unspecified atom stereocenters. The summed E-state index contributed by atoms with van der Waals surface area (Å²) < 4.78 is 0. The van der Waals surface area contributed by atoms with Gasteiger partial charge in [0.1, 0.15) is 5.82 Å². The fraction of sp³-hybridized carbons (Fsp3) is 0.222. The number of piperidine rings is 1. The summed E-state index contributed by atoms with van der Waals surface area (Å²) in [6.07, 6.45) is 6.48. The number of rotatable bonds is 5. The number of aromatic nitrogens is 2. The summed E-state index contributed by atoms with van der Waals surface area (Å²) >= 11 is 0. The lowest BCUT2D eigenvalue weighted by molar-refractivity contribution is 0.0849. The molecule has 1 aliphatic heterocycles. The molecule has 6 nitrogen and oxygen atoms in total. The van der Waals surface area contributed by atoms with Crippen molar-refractivity contribution in [2.75, 3.05) is 18.0 Å². The summed E-state index contributed by atoms with van der Waals surface area (Å²) in [6, 6.07) is 21.6. The molecule has 33 heavy (non-hydrogen) atoms. The van der Waals surface area contributed by atoms with E-state index in [2.05, 4.69) is 56.6 Å². The van der Waals surface area contributed by atoms with Gasteiger partial charge in [0.2, 0.25) is 0 Å². The fourth-order valence-corrected chi connectivity index (χ4v) is 4.49. The van der Waals surface area contributed by atoms with E-state index in [0.717, 1.165) is 49.1 Å². The van der Waals surface area contributed by atoms with E-state index < -0.39 is 11.8 Å². The lowest BCUT2D eigenvalue weighted by Gasteiger charge is -2.32. The number of fused-ring (bicyclic) bond motifs is 1. The number of amides is 2. The average molecular weight is 439 g/mol. The summed E-state index contributed by atoms with van der Waals surface area (Å²) in [5.41, 5.74) is 3.09. The van der Waals surface area contributed by atoms with Crippen molar-refractivity contribution in [3.8, 4) is 0 Å². The molecule has 0 radical (unpaired) electrons. The molecule has 166 valence electrons. The molecule has 3 heterocycles. The number of nitrogens with zero attached hydrogens (tertiary/aromatic N) is 2. The Balaban J connectivity index is 1.23. The van der Waals surface area contributed by atoms with E-state index in [4.69, 9.17) is 0 Å². The van der Waals surface area contributed by atoms with Gasteiger partial charge in [-0.15, -0.1) is 0 Å². The van der Waals surface area contributed by atoms with Crippen LogP contribution in [0.3, 0.4) is 0 Å². The number of imide groups is 1. The zero-order valence-electron chi connectivity index (χ0n) is 18.3. The van der Waals surface area contributed by atoms with Crippen molar-refractivity contribution >= 4 is 28.5 Å². The first-order valence-corrected chi connectivity index (χ1v) is 11.3. The minimum Gasteiger partial charge on any atom is -0.358 e. The first kappa shape index (κ1) is 20.9. The highest BCUT2D eigenvalue weighted by molar-refractivity contribution is 6.11. The van der Waals surface area contributed by atoms with Gasteiger partial charge in [-0.3, -0.25) is 19.9 Å². The van der Waals surface area contributed by atoms with Crippen LogP contribution in [0.15, 0.2) is 79.1 Å². The minimum absolute atomic E-state index is 0.352. The highest BCUT2D eigenvalue weighted by Crippen LogP contribution is 2.28. The molecule has 0 saturated carbocycles. The standard InChI is InChI=1S/C27H26N4O2/c32-26(30-27(33)23-7-4-12-28-18-23)22-9-8-21-17-25(29-24(21)16-22)31-13-10-20(11-14-31)15-19-5-2-1-3-6-19/h1-9,12,16-18,20,29H,10-11,13-15H2,(H,30,32,33). The number of benzene rings is 2. The minimum atomic E-state index is -0.459. The van der Waals surface area contributed by atoms with E-state index in [1.165, 1.54) is 11.8 Å². The van der Waals surface area contributed by atoms with Gasteiger partial charge in [0.25, 0.3) is 11.8 Å². The number of aromatic amines is 1.